The molecule has 2 aromatic heterocycles. The lowest BCUT2D eigenvalue weighted by molar-refractivity contribution is 0.374. The molecule has 0 N–H and O–H groups in total. The van der Waals surface area contributed by atoms with E-state index in [1.807, 2.05) is 0 Å². The monoisotopic (exact) mass is 365 g/mol. The average molecular weight is 365 g/mol. The van der Waals surface area contributed by atoms with Crippen molar-refractivity contribution in [2.75, 3.05) is 0 Å². The molecule has 1 aromatic carbocycles. The Morgan fingerprint density at radius 3 is 2.56 bits per heavy atom. The third-order valence-electron chi connectivity index (χ3n) is 3.78. The number of benzene rings is 1. The molecule has 0 saturated carbocycles. The van der Waals surface area contributed by atoms with Crippen molar-refractivity contribution in [3.05, 3.63) is 53.0 Å². The van der Waals surface area contributed by atoms with Crippen molar-refractivity contribution in [1.82, 2.24) is 15.3 Å². The number of hydrogen-bond donors (Lipinski definition) is 0. The lowest BCUT2D eigenvalue weighted by Crippen LogP contribution is -2.13. The standard InChI is InChI=1S/C16H16FN3O4S/c1-9-4-5-12(7-14(9)17)15-18-16(24-20-15)11(3)25(21,22)8-13-6-10(2)19-23-13/h4-7,11H,8H2,1-3H3. The predicted octanol–water partition coefficient (Wildman–Crippen LogP) is 3.16. The Hall–Kier alpha value is -2.55. The Bertz CT molecular complexity index is 1010. The Balaban J connectivity index is 1.84. The molecule has 0 radical (unpaired) electrons. The third-order valence-corrected chi connectivity index (χ3v) is 5.74. The SMILES string of the molecule is Cc1cc(CS(=O)(=O)C(C)c2nc(-c3ccc(C)c(F)c3)no2)on1. The molecule has 3 rings (SSSR count). The summed E-state index contributed by atoms with van der Waals surface area (Å²) in [6, 6.07) is 6.07. The lowest BCUT2D eigenvalue weighted by Gasteiger charge is -2.06. The zero-order valence-corrected chi connectivity index (χ0v) is 14.7. The number of aryl methyl sites for hydroxylation is 2. The van der Waals surface area contributed by atoms with Crippen LogP contribution in [0, 0.1) is 19.7 Å². The molecule has 25 heavy (non-hydrogen) atoms. The van der Waals surface area contributed by atoms with Crippen molar-refractivity contribution in [2.45, 2.75) is 31.8 Å². The Labute approximate surface area is 143 Å². The van der Waals surface area contributed by atoms with Gasteiger partial charge in [0, 0.05) is 11.6 Å². The summed E-state index contributed by atoms with van der Waals surface area (Å²) in [5.74, 6) is -0.417. The number of aromatic nitrogens is 3. The Kier molecular flexibility index (Phi) is 4.42. The molecule has 0 amide bonds. The third kappa shape index (κ3) is 3.60. The summed E-state index contributed by atoms with van der Waals surface area (Å²) in [5, 5.41) is 6.38. The van der Waals surface area contributed by atoms with Crippen molar-refractivity contribution in [1.29, 1.82) is 0 Å². The van der Waals surface area contributed by atoms with E-state index in [1.54, 1.807) is 32.0 Å². The van der Waals surface area contributed by atoms with E-state index < -0.39 is 20.9 Å². The van der Waals surface area contributed by atoms with Crippen LogP contribution < -0.4 is 0 Å². The molecule has 0 aliphatic heterocycles. The minimum atomic E-state index is -3.64. The van der Waals surface area contributed by atoms with E-state index in [1.165, 1.54) is 13.0 Å². The normalized spacial score (nSPS) is 13.1. The van der Waals surface area contributed by atoms with Crippen LogP contribution >= 0.6 is 0 Å². The van der Waals surface area contributed by atoms with E-state index in [9.17, 15) is 12.8 Å². The van der Waals surface area contributed by atoms with Gasteiger partial charge < -0.3 is 9.05 Å². The second kappa shape index (κ2) is 6.40. The molecule has 0 aliphatic rings. The van der Waals surface area contributed by atoms with Crippen LogP contribution in [-0.4, -0.2) is 23.7 Å². The maximum atomic E-state index is 13.7. The van der Waals surface area contributed by atoms with E-state index in [-0.39, 0.29) is 23.2 Å². The Morgan fingerprint density at radius 2 is 1.92 bits per heavy atom. The van der Waals surface area contributed by atoms with E-state index in [4.69, 9.17) is 9.05 Å². The van der Waals surface area contributed by atoms with Gasteiger partial charge in [-0.3, -0.25) is 0 Å². The first-order valence-electron chi connectivity index (χ1n) is 7.50. The van der Waals surface area contributed by atoms with Gasteiger partial charge in [-0.15, -0.1) is 0 Å². The van der Waals surface area contributed by atoms with Gasteiger partial charge in [0.25, 0.3) is 0 Å². The summed E-state index contributed by atoms with van der Waals surface area (Å²) >= 11 is 0. The molecule has 9 heteroatoms. The average Bonchev–Trinajstić information content (AvgIpc) is 3.18. The highest BCUT2D eigenvalue weighted by Crippen LogP contribution is 2.27. The second-order valence-electron chi connectivity index (χ2n) is 5.80. The van der Waals surface area contributed by atoms with Crippen LogP contribution in [0.1, 0.15) is 35.1 Å². The van der Waals surface area contributed by atoms with Gasteiger partial charge in [0.05, 0.1) is 5.69 Å². The molecule has 0 bridgehead atoms. The molecule has 0 fully saturated rings. The molecule has 0 spiro atoms. The van der Waals surface area contributed by atoms with Crippen molar-refractivity contribution >= 4 is 9.84 Å². The van der Waals surface area contributed by atoms with Crippen LogP contribution in [0.2, 0.25) is 0 Å². The van der Waals surface area contributed by atoms with Gasteiger partial charge in [-0.25, -0.2) is 12.8 Å². The molecule has 0 saturated heterocycles. The van der Waals surface area contributed by atoms with Crippen molar-refractivity contribution in [3.63, 3.8) is 0 Å². The van der Waals surface area contributed by atoms with E-state index in [0.29, 0.717) is 16.8 Å². The number of sulfone groups is 1. The quantitative estimate of drug-likeness (QED) is 0.685. The van der Waals surface area contributed by atoms with Crippen LogP contribution in [0.15, 0.2) is 33.3 Å². The minimum Gasteiger partial charge on any atom is -0.360 e. The molecule has 0 aliphatic carbocycles. The summed E-state index contributed by atoms with van der Waals surface area (Å²) in [5.41, 5.74) is 1.50. The number of rotatable bonds is 5. The molecule has 1 atom stereocenters. The van der Waals surface area contributed by atoms with E-state index >= 15 is 0 Å². The largest absolute Gasteiger partial charge is 0.360 e. The minimum absolute atomic E-state index is 0.0628. The fourth-order valence-electron chi connectivity index (χ4n) is 2.21. The van der Waals surface area contributed by atoms with Gasteiger partial charge in [-0.1, -0.05) is 22.4 Å². The second-order valence-corrected chi connectivity index (χ2v) is 8.13. The van der Waals surface area contributed by atoms with Gasteiger partial charge in [0.2, 0.25) is 11.7 Å². The van der Waals surface area contributed by atoms with E-state index in [0.717, 1.165) is 0 Å². The molecule has 2 heterocycles. The van der Waals surface area contributed by atoms with Crippen LogP contribution in [0.3, 0.4) is 0 Å². The van der Waals surface area contributed by atoms with Crippen LogP contribution in [0.25, 0.3) is 11.4 Å². The summed E-state index contributed by atoms with van der Waals surface area (Å²) in [6.07, 6.45) is 0. The first kappa shape index (κ1) is 17.3. The first-order chi connectivity index (χ1) is 11.8. The summed E-state index contributed by atoms with van der Waals surface area (Å²) < 4.78 is 48.6. The lowest BCUT2D eigenvalue weighted by atomic mass is 10.1. The van der Waals surface area contributed by atoms with Crippen LogP contribution in [0.5, 0.6) is 0 Å². The fraction of sp³-hybridized carbons (Fsp3) is 0.312. The van der Waals surface area contributed by atoms with Crippen molar-refractivity contribution in [3.8, 4) is 11.4 Å². The zero-order valence-electron chi connectivity index (χ0n) is 13.9. The van der Waals surface area contributed by atoms with Crippen molar-refractivity contribution < 1.29 is 21.9 Å². The number of nitrogens with zero attached hydrogens (tertiary/aromatic N) is 3. The molecular formula is C16H16FN3O4S. The van der Waals surface area contributed by atoms with Gasteiger partial charge >= 0.3 is 0 Å². The maximum Gasteiger partial charge on any atom is 0.245 e. The molecule has 3 aromatic rings. The van der Waals surface area contributed by atoms with Crippen molar-refractivity contribution in [2.24, 2.45) is 0 Å². The molecular weight excluding hydrogens is 349 g/mol. The summed E-state index contributed by atoms with van der Waals surface area (Å²) in [6.45, 7) is 4.79. The highest BCUT2D eigenvalue weighted by atomic mass is 32.2. The smallest absolute Gasteiger partial charge is 0.245 e. The molecule has 7 nitrogen and oxygen atoms in total. The first-order valence-corrected chi connectivity index (χ1v) is 9.21. The van der Waals surface area contributed by atoms with Crippen LogP contribution in [-0.2, 0) is 15.6 Å². The summed E-state index contributed by atoms with van der Waals surface area (Å²) in [7, 11) is -3.64. The Morgan fingerprint density at radius 1 is 1.16 bits per heavy atom. The highest BCUT2D eigenvalue weighted by Gasteiger charge is 2.30. The highest BCUT2D eigenvalue weighted by molar-refractivity contribution is 7.90. The van der Waals surface area contributed by atoms with Gasteiger partial charge in [0.15, 0.2) is 15.6 Å². The molecule has 1 unspecified atom stereocenters. The molecule has 132 valence electrons. The topological polar surface area (TPSA) is 99.1 Å². The van der Waals surface area contributed by atoms with Gasteiger partial charge in [0.1, 0.15) is 16.8 Å². The number of hydrogen-bond acceptors (Lipinski definition) is 7. The summed E-state index contributed by atoms with van der Waals surface area (Å²) in [4.78, 5) is 4.09. The van der Waals surface area contributed by atoms with Gasteiger partial charge in [-0.2, -0.15) is 4.98 Å². The maximum absolute atomic E-state index is 13.7. The number of halogens is 1. The van der Waals surface area contributed by atoms with E-state index in [2.05, 4.69) is 15.3 Å². The zero-order chi connectivity index (χ0) is 18.2. The van der Waals surface area contributed by atoms with Gasteiger partial charge in [-0.05, 0) is 32.4 Å². The fourth-order valence-corrected chi connectivity index (χ4v) is 3.40. The van der Waals surface area contributed by atoms with Crippen LogP contribution in [0.4, 0.5) is 4.39 Å². The predicted molar refractivity (Wildman–Crippen MR) is 86.7 cm³/mol.